The van der Waals surface area contributed by atoms with Crippen molar-refractivity contribution in [3.63, 3.8) is 0 Å². The fourth-order valence-corrected chi connectivity index (χ4v) is 3.66. The first kappa shape index (κ1) is 17.4. The number of fused-ring (bicyclic) bond motifs is 2. The van der Waals surface area contributed by atoms with Crippen LogP contribution in [0.3, 0.4) is 0 Å². The van der Waals surface area contributed by atoms with Crippen molar-refractivity contribution in [1.29, 1.82) is 0 Å². The van der Waals surface area contributed by atoms with Crippen LogP contribution in [0.15, 0.2) is 73.2 Å². The third-order valence-corrected chi connectivity index (χ3v) is 5.14. The van der Waals surface area contributed by atoms with Crippen LogP contribution in [0.5, 0.6) is 0 Å². The molecule has 0 saturated carbocycles. The van der Waals surface area contributed by atoms with Gasteiger partial charge in [-0.3, -0.25) is 10.1 Å². The van der Waals surface area contributed by atoms with Gasteiger partial charge in [0.25, 0.3) is 0 Å². The van der Waals surface area contributed by atoms with E-state index >= 15 is 0 Å². The van der Waals surface area contributed by atoms with E-state index in [2.05, 4.69) is 25.1 Å². The summed E-state index contributed by atoms with van der Waals surface area (Å²) in [4.78, 5) is 21.2. The van der Waals surface area contributed by atoms with Gasteiger partial charge in [-0.05, 0) is 36.4 Å². The van der Waals surface area contributed by atoms with Crippen LogP contribution in [0.2, 0.25) is 0 Å². The van der Waals surface area contributed by atoms with Gasteiger partial charge < -0.3 is 4.98 Å². The highest BCUT2D eigenvalue weighted by Crippen LogP contribution is 2.31. The van der Waals surface area contributed by atoms with E-state index in [1.807, 2.05) is 24.3 Å². The predicted molar refractivity (Wildman–Crippen MR) is 115 cm³/mol. The summed E-state index contributed by atoms with van der Waals surface area (Å²) in [5.41, 5.74) is 5.97. The second-order valence-corrected chi connectivity index (χ2v) is 7.03. The monoisotopic (exact) mass is 407 g/mol. The van der Waals surface area contributed by atoms with Gasteiger partial charge in [0.15, 0.2) is 17.2 Å². The van der Waals surface area contributed by atoms with E-state index in [1.165, 1.54) is 6.07 Å². The highest BCUT2D eigenvalue weighted by Gasteiger charge is 2.18. The number of H-pyrrole nitrogens is 2. The fraction of sp³-hybridized carbons (Fsp3) is 0. The minimum Gasteiger partial charge on any atom is -0.321 e. The van der Waals surface area contributed by atoms with Gasteiger partial charge in [-0.15, -0.1) is 0 Å². The van der Waals surface area contributed by atoms with E-state index in [0.717, 1.165) is 16.8 Å². The lowest BCUT2D eigenvalue weighted by atomic mass is 10.1. The van der Waals surface area contributed by atoms with Crippen molar-refractivity contribution in [2.75, 3.05) is 0 Å². The van der Waals surface area contributed by atoms with Crippen LogP contribution in [-0.4, -0.2) is 35.1 Å². The van der Waals surface area contributed by atoms with Gasteiger partial charge in [0, 0.05) is 35.3 Å². The Balaban J connectivity index is 1.53. The summed E-state index contributed by atoms with van der Waals surface area (Å²) in [6.07, 6.45) is 5.12. The number of hydrogen-bond acceptors (Lipinski definition) is 5. The summed E-state index contributed by atoms with van der Waals surface area (Å²) in [6.45, 7) is 0. The van der Waals surface area contributed by atoms with E-state index < -0.39 is 0 Å². The molecule has 0 aliphatic rings. The van der Waals surface area contributed by atoms with Gasteiger partial charge in [0.05, 0.1) is 11.2 Å². The van der Waals surface area contributed by atoms with E-state index in [-0.39, 0.29) is 5.82 Å². The fourth-order valence-electron chi connectivity index (χ4n) is 3.66. The van der Waals surface area contributed by atoms with Crippen molar-refractivity contribution >= 4 is 22.2 Å². The maximum absolute atomic E-state index is 14.4. The summed E-state index contributed by atoms with van der Waals surface area (Å²) >= 11 is 0. The molecule has 5 aromatic heterocycles. The molecule has 2 N–H and O–H groups in total. The summed E-state index contributed by atoms with van der Waals surface area (Å²) < 4.78 is 14.4. The lowest BCUT2D eigenvalue weighted by Gasteiger charge is -2.03. The number of hydrogen-bond donors (Lipinski definition) is 2. The molecule has 0 amide bonds. The van der Waals surface area contributed by atoms with Gasteiger partial charge in [-0.25, -0.2) is 19.3 Å². The minimum absolute atomic E-state index is 0.312. The normalized spacial score (nSPS) is 11.4. The Bertz CT molecular complexity index is 1550. The van der Waals surface area contributed by atoms with Crippen molar-refractivity contribution < 1.29 is 4.39 Å². The topological polar surface area (TPSA) is 96.0 Å². The minimum atomic E-state index is -0.312. The zero-order chi connectivity index (χ0) is 20.8. The second-order valence-electron chi connectivity index (χ2n) is 7.03. The first-order valence-electron chi connectivity index (χ1n) is 9.63. The average Bonchev–Trinajstić information content (AvgIpc) is 3.43. The zero-order valence-electron chi connectivity index (χ0n) is 16.0. The van der Waals surface area contributed by atoms with Crippen molar-refractivity contribution in [2.45, 2.75) is 0 Å². The molecular weight excluding hydrogens is 393 g/mol. The molecule has 31 heavy (non-hydrogen) atoms. The number of nitrogens with one attached hydrogen (secondary N) is 2. The zero-order valence-corrected chi connectivity index (χ0v) is 16.0. The van der Waals surface area contributed by atoms with Gasteiger partial charge in [0.1, 0.15) is 16.9 Å². The average molecular weight is 407 g/mol. The lowest BCUT2D eigenvalue weighted by Crippen LogP contribution is -1.87. The number of benzene rings is 1. The van der Waals surface area contributed by atoms with Crippen LogP contribution in [-0.2, 0) is 0 Å². The Hall–Kier alpha value is -4.46. The van der Waals surface area contributed by atoms with Gasteiger partial charge in [0.2, 0.25) is 0 Å². The van der Waals surface area contributed by atoms with Crippen LogP contribution in [0.25, 0.3) is 56.1 Å². The number of pyridine rings is 3. The molecular formula is C23H14FN7. The summed E-state index contributed by atoms with van der Waals surface area (Å²) in [6, 6.07) is 16.0. The Morgan fingerprint density at radius 1 is 0.806 bits per heavy atom. The van der Waals surface area contributed by atoms with Crippen LogP contribution in [0.4, 0.5) is 4.39 Å². The van der Waals surface area contributed by atoms with Crippen LogP contribution >= 0.6 is 0 Å². The largest absolute Gasteiger partial charge is 0.321 e. The molecule has 0 unspecified atom stereocenters. The smallest absolute Gasteiger partial charge is 0.162 e. The summed E-state index contributed by atoms with van der Waals surface area (Å²) in [7, 11) is 0. The molecule has 0 radical (unpaired) electrons. The molecule has 1 aromatic carbocycles. The molecule has 6 aromatic rings. The summed E-state index contributed by atoms with van der Waals surface area (Å²) in [5.74, 6) is 0.195. The molecule has 0 aliphatic carbocycles. The van der Waals surface area contributed by atoms with Crippen molar-refractivity contribution in [1.82, 2.24) is 35.1 Å². The maximum atomic E-state index is 14.4. The Labute approximate surface area is 175 Å². The molecule has 0 bridgehead atoms. The first-order chi connectivity index (χ1) is 15.3. The van der Waals surface area contributed by atoms with Gasteiger partial charge >= 0.3 is 0 Å². The van der Waals surface area contributed by atoms with Crippen molar-refractivity contribution in [3.8, 4) is 33.9 Å². The first-order valence-corrected chi connectivity index (χ1v) is 9.63. The maximum Gasteiger partial charge on any atom is 0.162 e. The van der Waals surface area contributed by atoms with E-state index in [4.69, 9.17) is 9.97 Å². The van der Waals surface area contributed by atoms with Gasteiger partial charge in [-0.2, -0.15) is 5.10 Å². The molecule has 0 aliphatic heterocycles. The molecule has 0 fully saturated rings. The van der Waals surface area contributed by atoms with E-state index in [1.54, 1.807) is 42.9 Å². The standard InChI is InChI=1S/C23H14FN7/c24-16-6-2-1-5-14(16)15-9-11-26-22-19(15)28-23(29-22)21-20-18(30-31-21)8-7-17(27-20)13-4-3-10-25-12-13/h1-12H,(H,30,31)(H,26,28,29). The SMILES string of the molecule is Fc1ccccc1-c1ccnc2[nH]c(-c3n[nH]c4ccc(-c5cccnc5)nc34)nc12. The number of nitrogens with zero attached hydrogens (tertiary/aromatic N) is 5. The Morgan fingerprint density at radius 3 is 2.61 bits per heavy atom. The highest BCUT2D eigenvalue weighted by molar-refractivity contribution is 5.95. The molecule has 7 nitrogen and oxygen atoms in total. The predicted octanol–water partition coefficient (Wildman–Crippen LogP) is 4.76. The van der Waals surface area contributed by atoms with Crippen LogP contribution in [0, 0.1) is 5.82 Å². The molecule has 0 atom stereocenters. The molecule has 0 saturated heterocycles. The number of halogens is 1. The second kappa shape index (κ2) is 6.81. The molecule has 5 heterocycles. The molecule has 148 valence electrons. The quantitative estimate of drug-likeness (QED) is 0.441. The van der Waals surface area contributed by atoms with E-state index in [9.17, 15) is 4.39 Å². The van der Waals surface area contributed by atoms with Crippen molar-refractivity contribution in [2.24, 2.45) is 0 Å². The lowest BCUT2D eigenvalue weighted by molar-refractivity contribution is 0.631. The number of aromatic nitrogens is 7. The summed E-state index contributed by atoms with van der Waals surface area (Å²) in [5, 5.41) is 7.41. The van der Waals surface area contributed by atoms with Crippen molar-refractivity contribution in [3.05, 3.63) is 79.0 Å². The third-order valence-electron chi connectivity index (χ3n) is 5.14. The molecule has 0 spiro atoms. The molecule has 6 rings (SSSR count). The third kappa shape index (κ3) is 2.84. The molecule has 8 heteroatoms. The van der Waals surface area contributed by atoms with Crippen LogP contribution < -0.4 is 0 Å². The highest BCUT2D eigenvalue weighted by atomic mass is 19.1. The van der Waals surface area contributed by atoms with Crippen LogP contribution in [0.1, 0.15) is 0 Å². The Morgan fingerprint density at radius 2 is 1.74 bits per heavy atom. The van der Waals surface area contributed by atoms with Gasteiger partial charge in [-0.1, -0.05) is 18.2 Å². The number of imidazole rings is 1. The number of aromatic amines is 2. The number of rotatable bonds is 3. The Kier molecular flexibility index (Phi) is 3.82. The van der Waals surface area contributed by atoms with E-state index in [0.29, 0.717) is 39.3 Å².